The third-order valence-electron chi connectivity index (χ3n) is 8.51. The first-order valence-corrected chi connectivity index (χ1v) is 19.4. The first-order valence-electron chi connectivity index (χ1n) is 17.0. The number of carbonyl (C=O) groups excluding carboxylic acids is 2. The number of carbonyl (C=O) groups is 2. The van der Waals surface area contributed by atoms with E-state index < -0.39 is 32.6 Å². The first kappa shape index (κ1) is 38.7. The Hall–Kier alpha value is -5.98. The van der Waals surface area contributed by atoms with E-state index in [1.54, 1.807) is 47.5 Å². The van der Waals surface area contributed by atoms with E-state index in [1.165, 1.54) is 36.2 Å². The number of benzene rings is 4. The maximum absolute atomic E-state index is 14.0. The second-order valence-electron chi connectivity index (χ2n) is 12.3. The van der Waals surface area contributed by atoms with Crippen molar-refractivity contribution in [2.45, 2.75) is 16.0 Å². The number of phenols is 1. The largest absolute Gasteiger partial charge is 0.508 e. The molecule has 1 fully saturated rings. The van der Waals surface area contributed by atoms with Gasteiger partial charge in [-0.3, -0.25) is 14.6 Å². The lowest BCUT2D eigenvalue weighted by atomic mass is 10.1. The number of nitrogens with one attached hydrogen (secondary N) is 2. The number of hydrogen-bond donors (Lipinski definition) is 3. The summed E-state index contributed by atoms with van der Waals surface area (Å²) in [7, 11) is -4.66. The van der Waals surface area contributed by atoms with Crippen LogP contribution < -0.4 is 14.9 Å². The number of rotatable bonds is 10. The molecular formula is C40H34F3N5O5S2. The van der Waals surface area contributed by atoms with Gasteiger partial charge >= 0.3 is 6.18 Å². The molecule has 55 heavy (non-hydrogen) atoms. The molecule has 1 saturated heterocycles. The standard InChI is InChI=1S/C40H34F3N5O5S2/c41-40(42,43)36-25-35(15-16-37(36)45-17-22-54-34-7-2-1-3-8-34)55(52,53)46-38(50)30-11-13-32(14-12-30)47-18-20-48(21-19-47)39(51)31-23-29(26-44-27-31)10-9-28-5-4-6-33(49)24-28/h1-8,11-16,23-27,45,49H,17-22H2,(H,46,50). The number of aromatic hydroxyl groups is 1. The molecular weight excluding hydrogens is 752 g/mol. The quantitative estimate of drug-likeness (QED) is 0.0827. The highest BCUT2D eigenvalue weighted by Gasteiger charge is 2.35. The van der Waals surface area contributed by atoms with Gasteiger partial charge in [-0.25, -0.2) is 13.1 Å². The minimum atomic E-state index is -4.86. The summed E-state index contributed by atoms with van der Waals surface area (Å²) >= 11 is 1.46. The van der Waals surface area contributed by atoms with Crippen molar-refractivity contribution >= 4 is 45.0 Å². The molecule has 0 saturated carbocycles. The van der Waals surface area contributed by atoms with Gasteiger partial charge in [-0.15, -0.1) is 11.8 Å². The number of thioether (sulfide) groups is 1. The maximum Gasteiger partial charge on any atom is 0.418 e. The van der Waals surface area contributed by atoms with Crippen LogP contribution in [0.25, 0.3) is 0 Å². The van der Waals surface area contributed by atoms with E-state index in [9.17, 15) is 36.3 Å². The average molecular weight is 786 g/mol. The number of alkyl halides is 3. The fourth-order valence-electron chi connectivity index (χ4n) is 5.72. The average Bonchev–Trinajstić information content (AvgIpc) is 3.18. The van der Waals surface area contributed by atoms with E-state index in [-0.39, 0.29) is 29.5 Å². The molecule has 6 rings (SSSR count). The second-order valence-corrected chi connectivity index (χ2v) is 15.2. The second kappa shape index (κ2) is 17.0. The molecule has 1 aliphatic heterocycles. The predicted octanol–water partition coefficient (Wildman–Crippen LogP) is 6.49. The van der Waals surface area contributed by atoms with Gasteiger partial charge in [0.2, 0.25) is 0 Å². The third-order valence-corrected chi connectivity index (χ3v) is 10.8. The van der Waals surface area contributed by atoms with Crippen molar-refractivity contribution in [1.82, 2.24) is 14.6 Å². The van der Waals surface area contributed by atoms with E-state index in [2.05, 4.69) is 22.1 Å². The zero-order valence-electron chi connectivity index (χ0n) is 29.1. The highest BCUT2D eigenvalue weighted by atomic mass is 32.2. The molecule has 1 aromatic heterocycles. The van der Waals surface area contributed by atoms with Gasteiger partial charge in [-0.2, -0.15) is 13.2 Å². The van der Waals surface area contributed by atoms with Crippen LogP contribution in [-0.2, 0) is 16.2 Å². The van der Waals surface area contributed by atoms with Crippen molar-refractivity contribution in [3.63, 3.8) is 0 Å². The fourth-order valence-corrected chi connectivity index (χ4v) is 7.51. The number of phenolic OH excluding ortho intramolecular Hbond substituents is 1. The van der Waals surface area contributed by atoms with E-state index in [0.29, 0.717) is 54.7 Å². The van der Waals surface area contributed by atoms with Gasteiger partial charge in [0.05, 0.1) is 16.0 Å². The molecule has 0 aliphatic carbocycles. The normalized spacial score (nSPS) is 13.1. The van der Waals surface area contributed by atoms with E-state index >= 15 is 0 Å². The zero-order chi connectivity index (χ0) is 39.0. The molecule has 0 radical (unpaired) electrons. The maximum atomic E-state index is 14.0. The van der Waals surface area contributed by atoms with Crippen LogP contribution in [0.5, 0.6) is 5.75 Å². The van der Waals surface area contributed by atoms with E-state index in [4.69, 9.17) is 0 Å². The molecule has 0 bridgehead atoms. The van der Waals surface area contributed by atoms with Gasteiger partial charge in [0.1, 0.15) is 5.75 Å². The highest BCUT2D eigenvalue weighted by molar-refractivity contribution is 7.99. The third kappa shape index (κ3) is 10.2. The van der Waals surface area contributed by atoms with Crippen molar-refractivity contribution in [3.8, 4) is 17.6 Å². The Morgan fingerprint density at radius 1 is 0.818 bits per heavy atom. The lowest BCUT2D eigenvalue weighted by Crippen LogP contribution is -2.48. The molecule has 10 nitrogen and oxygen atoms in total. The molecule has 2 heterocycles. The fraction of sp³-hybridized carbons (Fsp3) is 0.175. The SMILES string of the molecule is O=C(NS(=O)(=O)c1ccc(NCCSc2ccccc2)c(C(F)(F)F)c1)c1ccc(N2CCN(C(=O)c3cncc(C#Cc4cccc(O)c4)c3)CC2)cc1. The summed E-state index contributed by atoms with van der Waals surface area (Å²) < 4.78 is 70.0. The van der Waals surface area contributed by atoms with Gasteiger partial charge in [0.15, 0.2) is 0 Å². The zero-order valence-corrected chi connectivity index (χ0v) is 30.7. The number of piperazine rings is 1. The minimum Gasteiger partial charge on any atom is -0.508 e. The van der Waals surface area contributed by atoms with E-state index in [1.807, 2.05) is 40.0 Å². The summed E-state index contributed by atoms with van der Waals surface area (Å²) in [6.45, 7) is 1.96. The Morgan fingerprint density at radius 2 is 1.55 bits per heavy atom. The van der Waals surface area contributed by atoms with Gasteiger partial charge in [-0.05, 0) is 78.9 Å². The number of aromatic nitrogens is 1. The Bertz CT molecular complexity index is 2340. The van der Waals surface area contributed by atoms with Crippen molar-refractivity contribution < 1.29 is 36.3 Å². The molecule has 15 heteroatoms. The highest BCUT2D eigenvalue weighted by Crippen LogP contribution is 2.36. The van der Waals surface area contributed by atoms with Crippen LogP contribution in [0.1, 0.15) is 37.4 Å². The molecule has 4 aromatic carbocycles. The van der Waals surface area contributed by atoms with Crippen LogP contribution in [0.2, 0.25) is 0 Å². The van der Waals surface area contributed by atoms with Crippen molar-refractivity contribution in [2.75, 3.05) is 48.7 Å². The molecule has 2 amide bonds. The number of nitrogens with zero attached hydrogens (tertiary/aromatic N) is 3. The lowest BCUT2D eigenvalue weighted by molar-refractivity contribution is -0.137. The van der Waals surface area contributed by atoms with Crippen LogP contribution in [0.4, 0.5) is 24.5 Å². The number of amides is 2. The van der Waals surface area contributed by atoms with Crippen LogP contribution in [-0.4, -0.2) is 73.7 Å². The van der Waals surface area contributed by atoms with Crippen molar-refractivity contribution in [3.05, 3.63) is 143 Å². The molecule has 5 aromatic rings. The van der Waals surface area contributed by atoms with Gasteiger partial charge < -0.3 is 20.2 Å². The number of anilines is 2. The van der Waals surface area contributed by atoms with Crippen LogP contribution in [0.15, 0.2) is 125 Å². The van der Waals surface area contributed by atoms with Crippen molar-refractivity contribution in [2.24, 2.45) is 0 Å². The summed E-state index contributed by atoms with van der Waals surface area (Å²) in [4.78, 5) is 34.4. The number of pyridine rings is 1. The van der Waals surface area contributed by atoms with Crippen LogP contribution in [0, 0.1) is 11.8 Å². The van der Waals surface area contributed by atoms with Gasteiger partial charge in [0, 0.05) is 83.8 Å². The Morgan fingerprint density at radius 3 is 2.25 bits per heavy atom. The molecule has 0 unspecified atom stereocenters. The number of sulfonamides is 1. The van der Waals surface area contributed by atoms with E-state index in [0.717, 1.165) is 22.7 Å². The monoisotopic (exact) mass is 785 g/mol. The lowest BCUT2D eigenvalue weighted by Gasteiger charge is -2.36. The minimum absolute atomic E-state index is 0.00840. The number of halogens is 3. The van der Waals surface area contributed by atoms with Crippen LogP contribution >= 0.6 is 11.8 Å². The first-order chi connectivity index (χ1) is 26.4. The van der Waals surface area contributed by atoms with Gasteiger partial charge in [0.25, 0.3) is 21.8 Å². The smallest absolute Gasteiger partial charge is 0.418 e. The Labute approximate surface area is 320 Å². The molecule has 1 aliphatic rings. The topological polar surface area (TPSA) is 132 Å². The summed E-state index contributed by atoms with van der Waals surface area (Å²) in [5.41, 5.74) is 0.839. The molecule has 0 spiro atoms. The molecule has 0 atom stereocenters. The Balaban J connectivity index is 1.03. The Kier molecular flexibility index (Phi) is 12.0. The molecule has 3 N–H and O–H groups in total. The summed E-state index contributed by atoms with van der Waals surface area (Å²) in [5, 5.41) is 12.4. The predicted molar refractivity (Wildman–Crippen MR) is 205 cm³/mol. The molecule has 282 valence electrons. The summed E-state index contributed by atoms with van der Waals surface area (Å²) in [5.74, 6) is 5.28. The summed E-state index contributed by atoms with van der Waals surface area (Å²) in [6.07, 6.45) is -1.82. The number of hydrogen-bond acceptors (Lipinski definition) is 9. The van der Waals surface area contributed by atoms with Gasteiger partial charge in [-0.1, -0.05) is 36.1 Å². The summed E-state index contributed by atoms with van der Waals surface area (Å²) in [6, 6.07) is 26.3. The van der Waals surface area contributed by atoms with Crippen LogP contribution in [0.3, 0.4) is 0 Å². The van der Waals surface area contributed by atoms with Crippen molar-refractivity contribution in [1.29, 1.82) is 0 Å².